The Morgan fingerprint density at radius 1 is 1.25 bits per heavy atom. The van der Waals surface area contributed by atoms with E-state index >= 15 is 0 Å². The van der Waals surface area contributed by atoms with Crippen LogP contribution in [0.4, 0.5) is 0 Å². The minimum Gasteiger partial charge on any atom is -0.375 e. The first-order valence-corrected chi connectivity index (χ1v) is 4.80. The van der Waals surface area contributed by atoms with Gasteiger partial charge < -0.3 is 5.32 Å². The molecule has 0 heterocycles. The van der Waals surface area contributed by atoms with E-state index in [-0.39, 0.29) is 0 Å². The molecule has 0 spiro atoms. The Morgan fingerprint density at radius 3 is 2.92 bits per heavy atom. The number of allylic oxidation sites excluding steroid dienone is 2. The highest BCUT2D eigenvalue weighted by molar-refractivity contribution is 4.99. The monoisotopic (exact) mass is 169 g/mol. The summed E-state index contributed by atoms with van der Waals surface area (Å²) in [5.74, 6) is 5.18. The fourth-order valence-electron chi connectivity index (χ4n) is 1.52. The van der Waals surface area contributed by atoms with Crippen molar-refractivity contribution < 1.29 is 0 Å². The minimum atomic E-state index is 0.672. The van der Waals surface area contributed by atoms with E-state index in [2.05, 4.69) is 16.8 Å². The summed E-state index contributed by atoms with van der Waals surface area (Å²) < 4.78 is 0. The molecular weight excluding hydrogens is 150 g/mol. The van der Waals surface area contributed by atoms with Crippen LogP contribution in [-0.4, -0.2) is 6.67 Å². The lowest BCUT2D eigenvalue weighted by Gasteiger charge is -2.12. The van der Waals surface area contributed by atoms with Crippen molar-refractivity contribution in [1.29, 1.82) is 0 Å². The van der Waals surface area contributed by atoms with Crippen LogP contribution >= 0.6 is 0 Å². The highest BCUT2D eigenvalue weighted by atomic mass is 15.3. The standard InChI is InChI=1S/C9H19N3/c10-12-8-11-9-6-4-2-1-3-5-7-9/h6,11-12H,1-5,7-8,10H2/b9-6+. The average molecular weight is 169 g/mol. The van der Waals surface area contributed by atoms with Gasteiger partial charge in [0.15, 0.2) is 0 Å². The molecule has 3 nitrogen and oxygen atoms in total. The molecule has 0 saturated heterocycles. The molecule has 1 rings (SSSR count). The van der Waals surface area contributed by atoms with Crippen molar-refractivity contribution in [2.24, 2.45) is 5.84 Å². The third kappa shape index (κ3) is 3.74. The van der Waals surface area contributed by atoms with Crippen molar-refractivity contribution in [1.82, 2.24) is 10.7 Å². The second-order valence-corrected chi connectivity index (χ2v) is 3.24. The van der Waals surface area contributed by atoms with E-state index in [4.69, 9.17) is 5.84 Å². The number of rotatable bonds is 3. The maximum absolute atomic E-state index is 5.18. The van der Waals surface area contributed by atoms with E-state index in [1.54, 1.807) is 0 Å². The van der Waals surface area contributed by atoms with Gasteiger partial charge in [-0.25, -0.2) is 5.43 Å². The maximum atomic E-state index is 5.18. The van der Waals surface area contributed by atoms with Gasteiger partial charge >= 0.3 is 0 Å². The van der Waals surface area contributed by atoms with Gasteiger partial charge in [-0.1, -0.05) is 18.9 Å². The number of hydrazine groups is 1. The number of hydrogen-bond donors (Lipinski definition) is 3. The molecule has 0 aromatic heterocycles. The molecule has 0 fully saturated rings. The molecule has 0 bridgehead atoms. The smallest absolute Gasteiger partial charge is 0.0778 e. The van der Waals surface area contributed by atoms with Crippen LogP contribution in [-0.2, 0) is 0 Å². The van der Waals surface area contributed by atoms with Crippen LogP contribution in [0, 0.1) is 0 Å². The average Bonchev–Trinajstić information content (AvgIpc) is 2.02. The summed E-state index contributed by atoms with van der Waals surface area (Å²) in [7, 11) is 0. The van der Waals surface area contributed by atoms with E-state index in [1.165, 1.54) is 44.2 Å². The summed E-state index contributed by atoms with van der Waals surface area (Å²) in [6.45, 7) is 0.672. The molecule has 12 heavy (non-hydrogen) atoms. The molecule has 0 radical (unpaired) electrons. The highest BCUT2D eigenvalue weighted by Crippen LogP contribution is 2.14. The van der Waals surface area contributed by atoms with Gasteiger partial charge in [-0.05, 0) is 25.7 Å². The summed E-state index contributed by atoms with van der Waals surface area (Å²) >= 11 is 0. The molecule has 70 valence electrons. The molecule has 0 aliphatic heterocycles. The summed E-state index contributed by atoms with van der Waals surface area (Å²) in [6.07, 6.45) is 10.1. The zero-order valence-electron chi connectivity index (χ0n) is 7.60. The zero-order valence-corrected chi connectivity index (χ0v) is 7.60. The van der Waals surface area contributed by atoms with Crippen LogP contribution in [0.1, 0.15) is 38.5 Å². The lowest BCUT2D eigenvalue weighted by Crippen LogP contribution is -2.33. The van der Waals surface area contributed by atoms with Crippen molar-refractivity contribution in [2.75, 3.05) is 6.67 Å². The molecule has 3 heteroatoms. The van der Waals surface area contributed by atoms with E-state index in [1.807, 2.05) is 0 Å². The molecule has 0 aromatic rings. The lowest BCUT2D eigenvalue weighted by atomic mass is 10.0. The lowest BCUT2D eigenvalue weighted by molar-refractivity contribution is 0.579. The van der Waals surface area contributed by atoms with Gasteiger partial charge in [-0.3, -0.25) is 5.84 Å². The van der Waals surface area contributed by atoms with Gasteiger partial charge in [0, 0.05) is 5.70 Å². The van der Waals surface area contributed by atoms with E-state index in [0.717, 1.165) is 0 Å². The van der Waals surface area contributed by atoms with Gasteiger partial charge in [0.2, 0.25) is 0 Å². The molecule has 0 atom stereocenters. The predicted octanol–water partition coefficient (Wildman–Crippen LogP) is 1.23. The summed E-state index contributed by atoms with van der Waals surface area (Å²) in [5.41, 5.74) is 3.95. The minimum absolute atomic E-state index is 0.672. The quantitative estimate of drug-likeness (QED) is 0.338. The van der Waals surface area contributed by atoms with E-state index in [0.29, 0.717) is 6.67 Å². The second kappa shape index (κ2) is 6.03. The van der Waals surface area contributed by atoms with Crippen molar-refractivity contribution in [3.63, 3.8) is 0 Å². The zero-order chi connectivity index (χ0) is 8.65. The summed E-state index contributed by atoms with van der Waals surface area (Å²) in [5, 5.41) is 3.26. The van der Waals surface area contributed by atoms with Crippen LogP contribution < -0.4 is 16.6 Å². The first kappa shape index (κ1) is 9.55. The third-order valence-electron chi connectivity index (χ3n) is 2.21. The molecular formula is C9H19N3. The Hall–Kier alpha value is -0.540. The topological polar surface area (TPSA) is 50.1 Å². The highest BCUT2D eigenvalue weighted by Gasteiger charge is 1.99. The van der Waals surface area contributed by atoms with Crippen molar-refractivity contribution in [2.45, 2.75) is 38.5 Å². The largest absolute Gasteiger partial charge is 0.375 e. The number of nitrogens with one attached hydrogen (secondary N) is 2. The van der Waals surface area contributed by atoms with Crippen molar-refractivity contribution in [3.05, 3.63) is 11.8 Å². The Labute approximate surface area is 74.4 Å². The van der Waals surface area contributed by atoms with Gasteiger partial charge in [0.25, 0.3) is 0 Å². The van der Waals surface area contributed by atoms with E-state index in [9.17, 15) is 0 Å². The summed E-state index contributed by atoms with van der Waals surface area (Å²) in [4.78, 5) is 0. The van der Waals surface area contributed by atoms with Crippen LogP contribution in [0.3, 0.4) is 0 Å². The van der Waals surface area contributed by atoms with Crippen molar-refractivity contribution >= 4 is 0 Å². The van der Waals surface area contributed by atoms with Gasteiger partial charge in [0.05, 0.1) is 6.67 Å². The van der Waals surface area contributed by atoms with Crippen LogP contribution in [0.5, 0.6) is 0 Å². The Kier molecular flexibility index (Phi) is 4.80. The Morgan fingerprint density at radius 2 is 2.08 bits per heavy atom. The van der Waals surface area contributed by atoms with Crippen LogP contribution in [0.2, 0.25) is 0 Å². The number of nitrogens with two attached hydrogens (primary N) is 1. The predicted molar refractivity (Wildman–Crippen MR) is 51.1 cm³/mol. The Balaban J connectivity index is 2.26. The molecule has 0 unspecified atom stereocenters. The maximum Gasteiger partial charge on any atom is 0.0778 e. The van der Waals surface area contributed by atoms with E-state index < -0.39 is 0 Å². The van der Waals surface area contributed by atoms with Crippen molar-refractivity contribution in [3.8, 4) is 0 Å². The first-order valence-electron chi connectivity index (χ1n) is 4.80. The molecule has 1 aliphatic carbocycles. The first-order chi connectivity index (χ1) is 5.93. The van der Waals surface area contributed by atoms with Gasteiger partial charge in [0.1, 0.15) is 0 Å². The molecule has 0 amide bonds. The molecule has 0 saturated carbocycles. The normalized spacial score (nSPS) is 23.6. The second-order valence-electron chi connectivity index (χ2n) is 3.24. The summed E-state index contributed by atoms with van der Waals surface area (Å²) in [6, 6.07) is 0. The SMILES string of the molecule is NNCN/C1=C/CCCCCC1. The van der Waals surface area contributed by atoms with Gasteiger partial charge in [-0.15, -0.1) is 0 Å². The Bertz CT molecular complexity index is 143. The van der Waals surface area contributed by atoms with Crippen LogP contribution in [0.25, 0.3) is 0 Å². The number of hydrogen-bond acceptors (Lipinski definition) is 3. The van der Waals surface area contributed by atoms with Gasteiger partial charge in [-0.2, -0.15) is 0 Å². The third-order valence-corrected chi connectivity index (χ3v) is 2.21. The molecule has 0 aromatic carbocycles. The fraction of sp³-hybridized carbons (Fsp3) is 0.778. The molecule has 4 N–H and O–H groups in total. The van der Waals surface area contributed by atoms with Crippen LogP contribution in [0.15, 0.2) is 11.8 Å². The fourth-order valence-corrected chi connectivity index (χ4v) is 1.52. The molecule has 1 aliphatic rings.